The maximum atomic E-state index is 14.6. The molecule has 0 radical (unpaired) electrons. The number of halogens is 1. The molecule has 1 amide bonds. The fraction of sp³-hybridized carbons (Fsp3) is 0.100. The van der Waals surface area contributed by atoms with Crippen molar-refractivity contribution in [2.24, 2.45) is 0 Å². The van der Waals surface area contributed by atoms with Crippen molar-refractivity contribution in [3.8, 4) is 16.9 Å². The summed E-state index contributed by atoms with van der Waals surface area (Å²) in [5.41, 5.74) is 3.71. The van der Waals surface area contributed by atoms with Crippen molar-refractivity contribution < 1.29 is 9.18 Å². The molecule has 0 bridgehead atoms. The highest BCUT2D eigenvalue weighted by molar-refractivity contribution is 7.14. The average Bonchev–Trinajstić information content (AvgIpc) is 3.28. The minimum absolute atomic E-state index is 0.209. The number of amides is 1. The molecule has 3 aromatic heterocycles. The molecule has 6 nitrogen and oxygen atoms in total. The first-order chi connectivity index (χ1) is 13.5. The van der Waals surface area contributed by atoms with Gasteiger partial charge in [0.15, 0.2) is 5.13 Å². The molecular weight excluding hydrogens is 377 g/mol. The lowest BCUT2D eigenvalue weighted by molar-refractivity contribution is 0.102. The molecule has 0 saturated heterocycles. The molecule has 0 unspecified atom stereocenters. The molecule has 4 rings (SSSR count). The summed E-state index contributed by atoms with van der Waals surface area (Å²) in [7, 11) is 0. The average molecular weight is 393 g/mol. The zero-order chi connectivity index (χ0) is 19.7. The normalized spacial score (nSPS) is 10.8. The molecule has 0 fully saturated rings. The van der Waals surface area contributed by atoms with E-state index >= 15 is 0 Å². The van der Waals surface area contributed by atoms with E-state index in [0.29, 0.717) is 10.8 Å². The van der Waals surface area contributed by atoms with Gasteiger partial charge in [0.25, 0.3) is 5.91 Å². The van der Waals surface area contributed by atoms with Gasteiger partial charge in [0, 0.05) is 34.6 Å². The van der Waals surface area contributed by atoms with Crippen molar-refractivity contribution in [1.82, 2.24) is 19.7 Å². The van der Waals surface area contributed by atoms with Gasteiger partial charge in [-0.3, -0.25) is 15.1 Å². The second-order valence-electron chi connectivity index (χ2n) is 6.24. The number of rotatable bonds is 4. The Kier molecular flexibility index (Phi) is 4.70. The second-order valence-corrected chi connectivity index (χ2v) is 7.10. The van der Waals surface area contributed by atoms with Gasteiger partial charge in [-0.05, 0) is 50.2 Å². The number of carbonyl (C=O) groups is 1. The molecule has 3 heterocycles. The van der Waals surface area contributed by atoms with E-state index in [0.717, 1.165) is 22.6 Å². The van der Waals surface area contributed by atoms with Crippen LogP contribution >= 0.6 is 11.3 Å². The lowest BCUT2D eigenvalue weighted by atomic mass is 10.2. The zero-order valence-electron chi connectivity index (χ0n) is 15.2. The Morgan fingerprint density at radius 2 is 2.07 bits per heavy atom. The fourth-order valence-electron chi connectivity index (χ4n) is 2.84. The van der Waals surface area contributed by atoms with Crippen molar-refractivity contribution in [1.29, 1.82) is 0 Å². The van der Waals surface area contributed by atoms with E-state index in [4.69, 9.17) is 0 Å². The zero-order valence-corrected chi connectivity index (χ0v) is 16.0. The lowest BCUT2D eigenvalue weighted by Gasteiger charge is -2.08. The molecule has 28 heavy (non-hydrogen) atoms. The van der Waals surface area contributed by atoms with Crippen LogP contribution in [0.15, 0.2) is 54.2 Å². The Labute approximate surface area is 164 Å². The highest BCUT2D eigenvalue weighted by Gasteiger charge is 2.15. The number of aromatic nitrogens is 4. The standard InChI is InChI=1S/C20H16FN5OS/c1-12-8-13(2)26(25-12)18-6-5-14(9-16(18)21)19(27)24-20-23-17(11-28-20)15-4-3-7-22-10-15/h3-11H,1-2H3,(H,23,24,27). The number of pyridine rings is 1. The Morgan fingerprint density at radius 3 is 2.75 bits per heavy atom. The first-order valence-corrected chi connectivity index (χ1v) is 9.40. The largest absolute Gasteiger partial charge is 0.298 e. The SMILES string of the molecule is Cc1cc(C)n(-c2ccc(C(=O)Nc3nc(-c4cccnc4)cs3)cc2F)n1. The number of aryl methyl sites for hydroxylation is 2. The van der Waals surface area contributed by atoms with Crippen LogP contribution in [0.25, 0.3) is 16.9 Å². The van der Waals surface area contributed by atoms with Gasteiger partial charge in [0.1, 0.15) is 11.5 Å². The van der Waals surface area contributed by atoms with Crippen LogP contribution in [0.3, 0.4) is 0 Å². The topological polar surface area (TPSA) is 72.7 Å². The smallest absolute Gasteiger partial charge is 0.257 e. The Hall–Kier alpha value is -3.39. The number of nitrogens with zero attached hydrogens (tertiary/aromatic N) is 4. The van der Waals surface area contributed by atoms with Crippen LogP contribution in [-0.2, 0) is 0 Å². The summed E-state index contributed by atoms with van der Waals surface area (Å²) in [4.78, 5) is 20.9. The van der Waals surface area contributed by atoms with Crippen molar-refractivity contribution in [2.75, 3.05) is 5.32 Å². The van der Waals surface area contributed by atoms with E-state index in [2.05, 4.69) is 20.4 Å². The first-order valence-electron chi connectivity index (χ1n) is 8.52. The lowest BCUT2D eigenvalue weighted by Crippen LogP contribution is -2.13. The summed E-state index contributed by atoms with van der Waals surface area (Å²) in [6, 6.07) is 9.90. The van der Waals surface area contributed by atoms with Crippen LogP contribution in [0, 0.1) is 19.7 Å². The maximum Gasteiger partial charge on any atom is 0.257 e. The molecule has 0 aliphatic carbocycles. The second kappa shape index (κ2) is 7.32. The van der Waals surface area contributed by atoms with Crippen molar-refractivity contribution >= 4 is 22.4 Å². The third-order valence-electron chi connectivity index (χ3n) is 4.13. The van der Waals surface area contributed by atoms with E-state index in [1.807, 2.05) is 37.4 Å². The summed E-state index contributed by atoms with van der Waals surface area (Å²) in [6.45, 7) is 3.69. The van der Waals surface area contributed by atoms with Gasteiger partial charge in [0.2, 0.25) is 0 Å². The molecule has 140 valence electrons. The number of anilines is 1. The molecule has 0 spiro atoms. The van der Waals surface area contributed by atoms with Crippen molar-refractivity contribution in [3.05, 3.63) is 76.9 Å². The van der Waals surface area contributed by atoms with Crippen LogP contribution < -0.4 is 5.32 Å². The maximum absolute atomic E-state index is 14.6. The highest BCUT2D eigenvalue weighted by Crippen LogP contribution is 2.25. The van der Waals surface area contributed by atoms with Crippen molar-refractivity contribution in [3.63, 3.8) is 0 Å². The van der Waals surface area contributed by atoms with E-state index in [1.54, 1.807) is 24.5 Å². The van der Waals surface area contributed by atoms with Gasteiger partial charge in [-0.15, -0.1) is 11.3 Å². The molecule has 0 aliphatic heterocycles. The third kappa shape index (κ3) is 3.54. The van der Waals surface area contributed by atoms with Crippen LogP contribution in [-0.4, -0.2) is 25.7 Å². The molecule has 1 N–H and O–H groups in total. The number of hydrogen-bond donors (Lipinski definition) is 1. The van der Waals surface area contributed by atoms with E-state index < -0.39 is 11.7 Å². The summed E-state index contributed by atoms with van der Waals surface area (Å²) < 4.78 is 16.1. The molecule has 0 atom stereocenters. The van der Waals surface area contributed by atoms with Crippen LogP contribution in [0.1, 0.15) is 21.7 Å². The van der Waals surface area contributed by atoms with Gasteiger partial charge in [0.05, 0.1) is 11.4 Å². The number of benzene rings is 1. The number of thiazole rings is 1. The Morgan fingerprint density at radius 1 is 1.21 bits per heavy atom. The fourth-order valence-corrected chi connectivity index (χ4v) is 3.55. The molecule has 0 aliphatic rings. The Balaban J connectivity index is 1.54. The quantitative estimate of drug-likeness (QED) is 0.558. The number of carbonyl (C=O) groups excluding carboxylic acids is 1. The molecule has 1 aromatic carbocycles. The van der Waals surface area contributed by atoms with Gasteiger partial charge >= 0.3 is 0 Å². The molecule has 8 heteroatoms. The predicted octanol–water partition coefficient (Wildman–Crippen LogP) is 4.40. The van der Waals surface area contributed by atoms with E-state index in [-0.39, 0.29) is 5.56 Å². The van der Waals surface area contributed by atoms with Gasteiger partial charge in [-0.1, -0.05) is 0 Å². The monoisotopic (exact) mass is 393 g/mol. The minimum atomic E-state index is -0.519. The molecule has 4 aromatic rings. The third-order valence-corrected chi connectivity index (χ3v) is 4.89. The highest BCUT2D eigenvalue weighted by atomic mass is 32.1. The summed E-state index contributed by atoms with van der Waals surface area (Å²) in [6.07, 6.45) is 3.39. The van der Waals surface area contributed by atoms with E-state index in [9.17, 15) is 9.18 Å². The summed E-state index contributed by atoms with van der Waals surface area (Å²) >= 11 is 1.30. The van der Waals surface area contributed by atoms with Gasteiger partial charge < -0.3 is 0 Å². The van der Waals surface area contributed by atoms with Crippen molar-refractivity contribution in [2.45, 2.75) is 13.8 Å². The summed E-state index contributed by atoms with van der Waals surface area (Å²) in [5.74, 6) is -0.944. The Bertz CT molecular complexity index is 1150. The molecular formula is C20H16FN5OS. The molecule has 0 saturated carbocycles. The van der Waals surface area contributed by atoms with Gasteiger partial charge in [-0.2, -0.15) is 5.10 Å². The number of nitrogens with one attached hydrogen (secondary N) is 1. The minimum Gasteiger partial charge on any atom is -0.298 e. The first kappa shape index (κ1) is 18.0. The van der Waals surface area contributed by atoms with E-state index in [1.165, 1.54) is 22.1 Å². The van der Waals surface area contributed by atoms with Crippen LogP contribution in [0.2, 0.25) is 0 Å². The summed E-state index contributed by atoms with van der Waals surface area (Å²) in [5, 5.41) is 9.26. The van der Waals surface area contributed by atoms with Crippen LogP contribution in [0.4, 0.5) is 9.52 Å². The predicted molar refractivity (Wildman–Crippen MR) is 106 cm³/mol. The van der Waals surface area contributed by atoms with Gasteiger partial charge in [-0.25, -0.2) is 14.1 Å². The number of hydrogen-bond acceptors (Lipinski definition) is 5. The van der Waals surface area contributed by atoms with Crippen LogP contribution in [0.5, 0.6) is 0 Å².